The number of terminal acetylenes is 1. The molecule has 0 heterocycles. The standard InChI is InChI=1S/C26H42F2OS/c1-3-5-6-7-21(4-2)29-24-17-16-23(25(27)26(24)28)20-10-8-18(9-11-20)19-12-14-22(30)15-13-19/h2,18-26,30H,3,5-17H2,1H3. The lowest BCUT2D eigenvalue weighted by Crippen LogP contribution is -2.47. The van der Waals surface area contributed by atoms with E-state index >= 15 is 4.39 Å². The minimum Gasteiger partial charge on any atom is -0.359 e. The van der Waals surface area contributed by atoms with Crippen LogP contribution >= 0.6 is 12.6 Å². The summed E-state index contributed by atoms with van der Waals surface area (Å²) in [6.45, 7) is 2.14. The molecular weight excluding hydrogens is 398 g/mol. The number of thiol groups is 1. The van der Waals surface area contributed by atoms with Gasteiger partial charge in [-0.25, -0.2) is 8.78 Å². The summed E-state index contributed by atoms with van der Waals surface area (Å²) in [7, 11) is 0. The summed E-state index contributed by atoms with van der Waals surface area (Å²) in [5.41, 5.74) is 0. The highest BCUT2D eigenvalue weighted by Gasteiger charge is 2.45. The van der Waals surface area contributed by atoms with Crippen molar-refractivity contribution in [3.8, 4) is 12.3 Å². The van der Waals surface area contributed by atoms with Gasteiger partial charge in [0.1, 0.15) is 12.3 Å². The van der Waals surface area contributed by atoms with Gasteiger partial charge < -0.3 is 4.74 Å². The van der Waals surface area contributed by atoms with Gasteiger partial charge >= 0.3 is 0 Å². The van der Waals surface area contributed by atoms with E-state index in [1.807, 2.05) is 0 Å². The molecule has 0 aromatic carbocycles. The number of ether oxygens (including phenoxy) is 1. The Kier molecular flexibility index (Phi) is 9.83. The van der Waals surface area contributed by atoms with Crippen LogP contribution in [-0.2, 0) is 4.74 Å². The zero-order chi connectivity index (χ0) is 21.5. The number of alkyl halides is 2. The predicted molar refractivity (Wildman–Crippen MR) is 124 cm³/mol. The quantitative estimate of drug-likeness (QED) is 0.236. The first-order chi connectivity index (χ1) is 14.5. The Balaban J connectivity index is 1.45. The number of halogens is 2. The van der Waals surface area contributed by atoms with Crippen molar-refractivity contribution in [2.75, 3.05) is 0 Å². The van der Waals surface area contributed by atoms with E-state index < -0.39 is 18.4 Å². The van der Waals surface area contributed by atoms with Gasteiger partial charge in [0, 0.05) is 5.25 Å². The Hall–Kier alpha value is -0.270. The van der Waals surface area contributed by atoms with Gasteiger partial charge in [0.2, 0.25) is 0 Å². The first-order valence-electron chi connectivity index (χ1n) is 12.6. The molecule has 4 heteroatoms. The van der Waals surface area contributed by atoms with Crippen molar-refractivity contribution in [3.63, 3.8) is 0 Å². The summed E-state index contributed by atoms with van der Waals surface area (Å²) in [5, 5.41) is 0.587. The average molecular weight is 441 g/mol. The van der Waals surface area contributed by atoms with Gasteiger partial charge in [-0.05, 0) is 101 Å². The normalized spacial score (nSPS) is 41.2. The summed E-state index contributed by atoms with van der Waals surface area (Å²) in [6.07, 6.45) is 16.5. The fraction of sp³-hybridized carbons (Fsp3) is 0.923. The molecular formula is C26H42F2OS. The molecule has 0 aromatic heterocycles. The highest BCUT2D eigenvalue weighted by Crippen LogP contribution is 2.46. The zero-order valence-corrected chi connectivity index (χ0v) is 19.7. The molecule has 3 aliphatic rings. The maximum absolute atomic E-state index is 15.1. The number of rotatable bonds is 8. The Morgan fingerprint density at radius 1 is 0.867 bits per heavy atom. The monoisotopic (exact) mass is 440 g/mol. The van der Waals surface area contributed by atoms with Crippen LogP contribution in [0.25, 0.3) is 0 Å². The summed E-state index contributed by atoms with van der Waals surface area (Å²) >= 11 is 4.62. The Morgan fingerprint density at radius 3 is 2.07 bits per heavy atom. The van der Waals surface area contributed by atoms with Crippen LogP contribution in [0.1, 0.15) is 96.8 Å². The van der Waals surface area contributed by atoms with E-state index in [9.17, 15) is 4.39 Å². The van der Waals surface area contributed by atoms with E-state index in [1.54, 1.807) is 0 Å². The van der Waals surface area contributed by atoms with Gasteiger partial charge in [0.25, 0.3) is 0 Å². The SMILES string of the molecule is C#CC(CCCCC)OC1CCC(C2CCC(C3CCC(S)CC3)CC2)C(F)C1F. The summed E-state index contributed by atoms with van der Waals surface area (Å²) in [5.74, 6) is 4.47. The molecule has 0 aliphatic heterocycles. The second-order valence-electron chi connectivity index (χ2n) is 10.2. The van der Waals surface area contributed by atoms with Gasteiger partial charge in [0.05, 0.1) is 6.10 Å². The van der Waals surface area contributed by atoms with Gasteiger partial charge in [0.15, 0.2) is 6.17 Å². The molecule has 0 bridgehead atoms. The lowest BCUT2D eigenvalue weighted by Gasteiger charge is -2.43. The van der Waals surface area contributed by atoms with Gasteiger partial charge in [-0.1, -0.05) is 25.7 Å². The molecule has 172 valence electrons. The fourth-order valence-electron chi connectivity index (χ4n) is 6.35. The Labute approximate surface area is 188 Å². The third-order valence-electron chi connectivity index (χ3n) is 8.28. The molecule has 5 atom stereocenters. The minimum absolute atomic E-state index is 0.140. The molecule has 0 amide bonds. The minimum atomic E-state index is -1.53. The van der Waals surface area contributed by atoms with E-state index in [0.29, 0.717) is 17.6 Å². The molecule has 3 fully saturated rings. The molecule has 0 radical (unpaired) electrons. The van der Waals surface area contributed by atoms with Crippen LogP contribution < -0.4 is 0 Å². The van der Waals surface area contributed by atoms with E-state index in [1.165, 1.54) is 38.5 Å². The third-order valence-corrected chi connectivity index (χ3v) is 8.79. The van der Waals surface area contributed by atoms with E-state index in [2.05, 4.69) is 25.5 Å². The molecule has 30 heavy (non-hydrogen) atoms. The molecule has 0 N–H and O–H groups in total. The largest absolute Gasteiger partial charge is 0.359 e. The van der Waals surface area contributed by atoms with E-state index in [-0.39, 0.29) is 12.0 Å². The number of hydrogen-bond acceptors (Lipinski definition) is 2. The zero-order valence-electron chi connectivity index (χ0n) is 18.8. The molecule has 0 aromatic rings. The van der Waals surface area contributed by atoms with Crippen molar-refractivity contribution in [2.45, 2.75) is 127 Å². The third kappa shape index (κ3) is 6.38. The van der Waals surface area contributed by atoms with Crippen LogP contribution in [0.2, 0.25) is 0 Å². The average Bonchev–Trinajstić information content (AvgIpc) is 2.77. The van der Waals surface area contributed by atoms with Crippen molar-refractivity contribution in [2.24, 2.45) is 23.7 Å². The molecule has 1 nitrogen and oxygen atoms in total. The number of hydrogen-bond donors (Lipinski definition) is 1. The highest BCUT2D eigenvalue weighted by molar-refractivity contribution is 7.80. The first kappa shape index (κ1) is 24.4. The second-order valence-corrected chi connectivity index (χ2v) is 10.9. The van der Waals surface area contributed by atoms with E-state index in [4.69, 9.17) is 11.2 Å². The van der Waals surface area contributed by atoms with E-state index in [0.717, 1.165) is 56.8 Å². The predicted octanol–water partition coefficient (Wildman–Crippen LogP) is 7.33. The Bertz CT molecular complexity index is 534. The summed E-state index contributed by atoms with van der Waals surface area (Å²) in [6, 6.07) is 0. The molecule has 5 unspecified atom stereocenters. The van der Waals surface area contributed by atoms with Crippen LogP contribution in [0.15, 0.2) is 0 Å². The molecule has 3 aliphatic carbocycles. The maximum atomic E-state index is 15.1. The lowest BCUT2D eigenvalue weighted by atomic mass is 9.65. The molecule has 0 spiro atoms. The summed E-state index contributed by atoms with van der Waals surface area (Å²) < 4.78 is 35.9. The molecule has 3 saturated carbocycles. The highest BCUT2D eigenvalue weighted by atomic mass is 32.1. The topological polar surface area (TPSA) is 9.23 Å². The van der Waals surface area contributed by atoms with Crippen LogP contribution in [0, 0.1) is 36.0 Å². The van der Waals surface area contributed by atoms with Crippen LogP contribution in [-0.4, -0.2) is 29.8 Å². The Morgan fingerprint density at radius 2 is 1.47 bits per heavy atom. The van der Waals surface area contributed by atoms with Gasteiger partial charge in [-0.15, -0.1) is 6.42 Å². The molecule has 0 saturated heterocycles. The summed E-state index contributed by atoms with van der Waals surface area (Å²) in [4.78, 5) is 0. The smallest absolute Gasteiger partial charge is 0.157 e. The fourth-order valence-corrected chi connectivity index (χ4v) is 6.65. The van der Waals surface area contributed by atoms with Crippen LogP contribution in [0.3, 0.4) is 0 Å². The number of unbranched alkanes of at least 4 members (excludes halogenated alkanes) is 2. The van der Waals surface area contributed by atoms with Gasteiger partial charge in [-0.3, -0.25) is 0 Å². The van der Waals surface area contributed by atoms with Crippen molar-refractivity contribution >= 4 is 12.6 Å². The maximum Gasteiger partial charge on any atom is 0.157 e. The van der Waals surface area contributed by atoms with Crippen LogP contribution in [0.4, 0.5) is 8.78 Å². The lowest BCUT2D eigenvalue weighted by molar-refractivity contribution is -0.103. The van der Waals surface area contributed by atoms with Crippen molar-refractivity contribution < 1.29 is 13.5 Å². The van der Waals surface area contributed by atoms with Gasteiger partial charge in [-0.2, -0.15) is 12.6 Å². The second kappa shape index (κ2) is 12.1. The van der Waals surface area contributed by atoms with Crippen molar-refractivity contribution in [1.29, 1.82) is 0 Å². The van der Waals surface area contributed by atoms with Crippen molar-refractivity contribution in [3.05, 3.63) is 0 Å². The first-order valence-corrected chi connectivity index (χ1v) is 13.1. The van der Waals surface area contributed by atoms with Crippen molar-refractivity contribution in [1.82, 2.24) is 0 Å². The molecule has 3 rings (SSSR count). The van der Waals surface area contributed by atoms with Crippen LogP contribution in [0.5, 0.6) is 0 Å².